The summed E-state index contributed by atoms with van der Waals surface area (Å²) >= 11 is 0. The molecule has 0 aliphatic carbocycles. The van der Waals surface area contributed by atoms with E-state index in [1.807, 2.05) is 13.8 Å². The fourth-order valence-corrected chi connectivity index (χ4v) is 2.58. The molecule has 0 fully saturated rings. The van der Waals surface area contributed by atoms with Gasteiger partial charge < -0.3 is 16.1 Å². The molecule has 0 radical (unpaired) electrons. The maximum atomic E-state index is 10.9. The van der Waals surface area contributed by atoms with Crippen molar-refractivity contribution in [3.8, 4) is 0 Å². The average Bonchev–Trinajstić information content (AvgIpc) is 2.35. The quantitative estimate of drug-likeness (QED) is 0.498. The highest BCUT2D eigenvalue weighted by Crippen LogP contribution is 2.19. The van der Waals surface area contributed by atoms with Crippen LogP contribution in [0, 0.1) is 11.8 Å². The minimum Gasteiger partial charge on any atom is -0.550 e. The van der Waals surface area contributed by atoms with Crippen molar-refractivity contribution < 1.29 is 9.90 Å². The average molecular weight is 287 g/mol. The summed E-state index contributed by atoms with van der Waals surface area (Å²) in [5.74, 6) is -0.927. The first-order valence-electron chi connectivity index (χ1n) is 8.30. The lowest BCUT2D eigenvalue weighted by atomic mass is 9.90. The number of hydrogen-bond donors (Lipinski definition) is 1. The van der Waals surface area contributed by atoms with E-state index < -0.39 is 5.97 Å². The molecule has 3 heteroatoms. The normalized spacial score (nSPS) is 12.2. The van der Waals surface area contributed by atoms with Crippen LogP contribution in [-0.2, 0) is 4.79 Å². The Balaban J connectivity index is 0. The molecule has 3 nitrogen and oxygen atoms in total. The summed E-state index contributed by atoms with van der Waals surface area (Å²) < 4.78 is 0. The van der Waals surface area contributed by atoms with Crippen LogP contribution >= 0.6 is 0 Å². The number of carbonyl (C=O) groups excluding carboxylic acids is 1. The Hall–Kier alpha value is -0.570. The SMILES string of the molecule is CCCCCCCCCCCC[C@H](C(=O)[O-])C(C)C.[NH4+]. The van der Waals surface area contributed by atoms with Crippen molar-refractivity contribution in [2.24, 2.45) is 11.8 Å². The van der Waals surface area contributed by atoms with Crippen LogP contribution in [0.1, 0.15) is 91.4 Å². The van der Waals surface area contributed by atoms with Gasteiger partial charge in [0, 0.05) is 11.9 Å². The van der Waals surface area contributed by atoms with Crippen LogP contribution in [0.5, 0.6) is 0 Å². The first-order chi connectivity index (χ1) is 9.09. The molecule has 0 aromatic rings. The summed E-state index contributed by atoms with van der Waals surface area (Å²) in [5.41, 5.74) is 0. The van der Waals surface area contributed by atoms with Crippen LogP contribution < -0.4 is 11.3 Å². The zero-order valence-corrected chi connectivity index (χ0v) is 14.2. The van der Waals surface area contributed by atoms with Crippen LogP contribution in [0.15, 0.2) is 0 Å². The van der Waals surface area contributed by atoms with Crippen LogP contribution in [0.25, 0.3) is 0 Å². The second-order valence-electron chi connectivity index (χ2n) is 6.14. The van der Waals surface area contributed by atoms with Crippen molar-refractivity contribution in [1.29, 1.82) is 0 Å². The molecule has 0 aromatic carbocycles. The topological polar surface area (TPSA) is 76.6 Å². The fourth-order valence-electron chi connectivity index (χ4n) is 2.58. The molecule has 20 heavy (non-hydrogen) atoms. The van der Waals surface area contributed by atoms with Gasteiger partial charge in [-0.1, -0.05) is 85.0 Å². The second kappa shape index (κ2) is 14.8. The third-order valence-electron chi connectivity index (χ3n) is 3.98. The van der Waals surface area contributed by atoms with Crippen LogP contribution in [0.4, 0.5) is 0 Å². The van der Waals surface area contributed by atoms with Crippen molar-refractivity contribution in [3.05, 3.63) is 0 Å². The van der Waals surface area contributed by atoms with Gasteiger partial charge in [-0.15, -0.1) is 0 Å². The van der Waals surface area contributed by atoms with Crippen LogP contribution in [-0.4, -0.2) is 5.97 Å². The molecular formula is C17H37NO2. The van der Waals surface area contributed by atoms with Gasteiger partial charge in [-0.25, -0.2) is 0 Å². The van der Waals surface area contributed by atoms with E-state index in [0.717, 1.165) is 12.8 Å². The lowest BCUT2D eigenvalue weighted by Crippen LogP contribution is -2.34. The number of carboxylic acids is 1. The Morgan fingerprint density at radius 3 is 1.60 bits per heavy atom. The maximum absolute atomic E-state index is 10.9. The van der Waals surface area contributed by atoms with Gasteiger partial charge in [-0.2, -0.15) is 0 Å². The monoisotopic (exact) mass is 287 g/mol. The van der Waals surface area contributed by atoms with Gasteiger partial charge in [0.2, 0.25) is 0 Å². The van der Waals surface area contributed by atoms with Gasteiger partial charge in [-0.05, 0) is 12.3 Å². The van der Waals surface area contributed by atoms with E-state index in [-0.39, 0.29) is 18.0 Å². The van der Waals surface area contributed by atoms with E-state index in [9.17, 15) is 9.90 Å². The third kappa shape index (κ3) is 12.5. The summed E-state index contributed by atoms with van der Waals surface area (Å²) in [5, 5.41) is 10.9. The van der Waals surface area contributed by atoms with Crippen LogP contribution in [0.2, 0.25) is 0 Å². The lowest BCUT2D eigenvalue weighted by molar-refractivity contribution is -0.313. The molecule has 122 valence electrons. The molecule has 0 aliphatic heterocycles. The molecular weight excluding hydrogens is 250 g/mol. The van der Waals surface area contributed by atoms with E-state index >= 15 is 0 Å². The van der Waals surface area contributed by atoms with Crippen LogP contribution in [0.3, 0.4) is 0 Å². The van der Waals surface area contributed by atoms with E-state index in [0.29, 0.717) is 0 Å². The highest BCUT2D eigenvalue weighted by molar-refractivity contribution is 5.67. The molecule has 0 heterocycles. The number of rotatable bonds is 13. The Morgan fingerprint density at radius 2 is 1.25 bits per heavy atom. The van der Waals surface area contributed by atoms with Gasteiger partial charge in [0.05, 0.1) is 0 Å². The Kier molecular flexibility index (Phi) is 16.1. The largest absolute Gasteiger partial charge is 0.550 e. The smallest absolute Gasteiger partial charge is 0.0447 e. The van der Waals surface area contributed by atoms with E-state index in [1.54, 1.807) is 0 Å². The second-order valence-corrected chi connectivity index (χ2v) is 6.14. The highest BCUT2D eigenvalue weighted by atomic mass is 16.4. The number of quaternary nitrogens is 1. The van der Waals surface area contributed by atoms with E-state index in [2.05, 4.69) is 6.92 Å². The molecule has 0 saturated carbocycles. The number of unbranched alkanes of at least 4 members (excludes halogenated alkanes) is 9. The molecule has 0 spiro atoms. The minimum atomic E-state index is -0.870. The predicted octanol–water partition coefficient (Wildman–Crippen LogP) is 4.70. The van der Waals surface area contributed by atoms with Gasteiger partial charge >= 0.3 is 0 Å². The van der Waals surface area contributed by atoms with E-state index in [4.69, 9.17) is 0 Å². The van der Waals surface area contributed by atoms with Crippen molar-refractivity contribution in [1.82, 2.24) is 6.15 Å². The molecule has 0 amide bonds. The van der Waals surface area contributed by atoms with Crippen molar-refractivity contribution in [2.45, 2.75) is 91.4 Å². The van der Waals surface area contributed by atoms with Gasteiger partial charge in [0.1, 0.15) is 0 Å². The predicted molar refractivity (Wildman–Crippen MR) is 85.8 cm³/mol. The molecule has 0 aliphatic rings. The maximum Gasteiger partial charge on any atom is 0.0447 e. The Bertz CT molecular complexity index is 217. The molecule has 4 N–H and O–H groups in total. The van der Waals surface area contributed by atoms with Gasteiger partial charge in [0.15, 0.2) is 0 Å². The first-order valence-corrected chi connectivity index (χ1v) is 8.30. The van der Waals surface area contributed by atoms with Crippen molar-refractivity contribution in [2.75, 3.05) is 0 Å². The van der Waals surface area contributed by atoms with Gasteiger partial charge in [0.25, 0.3) is 0 Å². The summed E-state index contributed by atoms with van der Waals surface area (Å²) in [6, 6.07) is 0. The molecule has 0 saturated heterocycles. The molecule has 0 unspecified atom stereocenters. The number of hydrogen-bond acceptors (Lipinski definition) is 2. The van der Waals surface area contributed by atoms with Gasteiger partial charge in [-0.3, -0.25) is 0 Å². The highest BCUT2D eigenvalue weighted by Gasteiger charge is 2.13. The summed E-state index contributed by atoms with van der Waals surface area (Å²) in [6.07, 6.45) is 13.7. The number of aliphatic carboxylic acids is 1. The zero-order chi connectivity index (χ0) is 14.5. The fraction of sp³-hybridized carbons (Fsp3) is 0.941. The minimum absolute atomic E-state index is 0. The molecule has 0 bridgehead atoms. The summed E-state index contributed by atoms with van der Waals surface area (Å²) in [7, 11) is 0. The Morgan fingerprint density at radius 1 is 0.850 bits per heavy atom. The molecule has 0 aromatic heterocycles. The van der Waals surface area contributed by atoms with Crippen molar-refractivity contribution >= 4 is 5.97 Å². The number of carbonyl (C=O) groups is 1. The first kappa shape index (κ1) is 21.7. The number of carboxylic acid groups (broad SMARTS) is 1. The molecule has 1 atom stereocenters. The third-order valence-corrected chi connectivity index (χ3v) is 3.98. The zero-order valence-electron chi connectivity index (χ0n) is 14.2. The standard InChI is InChI=1S/C17H34O2.H3N/c1-4-5-6-7-8-9-10-11-12-13-14-16(15(2)3)17(18)19;/h15-16H,4-14H2,1-3H3,(H,18,19);1H3/t16-;/m0./s1. The lowest BCUT2D eigenvalue weighted by Gasteiger charge is -2.21. The summed E-state index contributed by atoms with van der Waals surface area (Å²) in [4.78, 5) is 10.9. The molecule has 0 rings (SSSR count). The van der Waals surface area contributed by atoms with E-state index in [1.165, 1.54) is 57.8 Å². The summed E-state index contributed by atoms with van der Waals surface area (Å²) in [6.45, 7) is 6.19. The van der Waals surface area contributed by atoms with Crippen molar-refractivity contribution in [3.63, 3.8) is 0 Å². The Labute approximate surface area is 126 Å².